The van der Waals surface area contributed by atoms with Crippen molar-refractivity contribution in [3.63, 3.8) is 0 Å². The molecule has 0 heterocycles. The zero-order valence-electron chi connectivity index (χ0n) is 10.9. The van der Waals surface area contributed by atoms with Crippen LogP contribution in [0.15, 0.2) is 30.3 Å². The van der Waals surface area contributed by atoms with Gasteiger partial charge in [-0.25, -0.2) is 0 Å². The number of nitrogens with one attached hydrogen (secondary N) is 1. The van der Waals surface area contributed by atoms with Crippen LogP contribution in [0.4, 0.5) is 0 Å². The number of hydrogen-bond acceptors (Lipinski definition) is 3. The number of carbonyl (C=O) groups is 1. The van der Waals surface area contributed by atoms with Crippen LogP contribution < -0.4 is 5.32 Å². The molecule has 1 atom stereocenters. The van der Waals surface area contributed by atoms with Crippen molar-refractivity contribution in [3.8, 4) is 0 Å². The number of benzene rings is 1. The van der Waals surface area contributed by atoms with Gasteiger partial charge in [-0.1, -0.05) is 30.3 Å². The molecule has 3 nitrogen and oxygen atoms in total. The normalized spacial score (nSPS) is 16.3. The number of esters is 1. The molecule has 0 spiro atoms. The lowest BCUT2D eigenvalue weighted by Gasteiger charge is -2.17. The SMILES string of the molecule is CCOC(=O)CC(NCc1ccccc1)C1CC1. The molecule has 18 heavy (non-hydrogen) atoms. The zero-order valence-corrected chi connectivity index (χ0v) is 10.9. The Balaban J connectivity index is 1.81. The minimum atomic E-state index is -0.0880. The van der Waals surface area contributed by atoms with Crippen LogP contribution in [-0.4, -0.2) is 18.6 Å². The van der Waals surface area contributed by atoms with Crippen molar-refractivity contribution in [2.75, 3.05) is 6.61 Å². The Kier molecular flexibility index (Phi) is 4.76. The first kappa shape index (κ1) is 13.1. The lowest BCUT2D eigenvalue weighted by atomic mass is 10.1. The van der Waals surface area contributed by atoms with E-state index in [1.165, 1.54) is 18.4 Å². The van der Waals surface area contributed by atoms with Crippen LogP contribution in [0.25, 0.3) is 0 Å². The second kappa shape index (κ2) is 6.55. The van der Waals surface area contributed by atoms with E-state index in [1.54, 1.807) is 0 Å². The van der Waals surface area contributed by atoms with Gasteiger partial charge in [0, 0.05) is 12.6 Å². The highest BCUT2D eigenvalue weighted by molar-refractivity contribution is 5.70. The smallest absolute Gasteiger partial charge is 0.307 e. The Morgan fingerprint density at radius 2 is 2.11 bits per heavy atom. The summed E-state index contributed by atoms with van der Waals surface area (Å²) in [6.45, 7) is 3.14. The lowest BCUT2D eigenvalue weighted by molar-refractivity contribution is -0.143. The molecule has 1 aliphatic rings. The fourth-order valence-electron chi connectivity index (χ4n) is 2.15. The van der Waals surface area contributed by atoms with Crippen molar-refractivity contribution >= 4 is 5.97 Å². The minimum absolute atomic E-state index is 0.0880. The summed E-state index contributed by atoms with van der Waals surface area (Å²) in [5, 5.41) is 3.49. The van der Waals surface area contributed by atoms with E-state index in [1.807, 2.05) is 25.1 Å². The Morgan fingerprint density at radius 1 is 1.39 bits per heavy atom. The first-order valence-electron chi connectivity index (χ1n) is 6.72. The van der Waals surface area contributed by atoms with Crippen molar-refractivity contribution in [1.29, 1.82) is 0 Å². The van der Waals surface area contributed by atoms with Gasteiger partial charge in [0.2, 0.25) is 0 Å². The highest BCUT2D eigenvalue weighted by Crippen LogP contribution is 2.34. The molecule has 1 aromatic rings. The number of hydrogen-bond donors (Lipinski definition) is 1. The summed E-state index contributed by atoms with van der Waals surface area (Å²) in [5.74, 6) is 0.563. The average molecular weight is 247 g/mol. The van der Waals surface area contributed by atoms with E-state index in [-0.39, 0.29) is 12.0 Å². The Hall–Kier alpha value is -1.35. The van der Waals surface area contributed by atoms with Crippen LogP contribution in [0.3, 0.4) is 0 Å². The summed E-state index contributed by atoms with van der Waals surface area (Å²) in [7, 11) is 0. The van der Waals surface area contributed by atoms with Crippen molar-refractivity contribution < 1.29 is 9.53 Å². The van der Waals surface area contributed by atoms with E-state index in [4.69, 9.17) is 4.74 Å². The van der Waals surface area contributed by atoms with Crippen LogP contribution in [0.1, 0.15) is 31.7 Å². The van der Waals surface area contributed by atoms with Gasteiger partial charge in [0.05, 0.1) is 13.0 Å². The summed E-state index contributed by atoms with van der Waals surface area (Å²) in [6.07, 6.45) is 2.95. The number of ether oxygens (including phenoxy) is 1. The first-order valence-corrected chi connectivity index (χ1v) is 6.72. The van der Waals surface area contributed by atoms with Crippen molar-refractivity contribution in [2.45, 2.75) is 38.8 Å². The largest absolute Gasteiger partial charge is 0.466 e. The molecule has 1 aromatic carbocycles. The molecule has 1 N–H and O–H groups in total. The third-order valence-corrected chi connectivity index (χ3v) is 3.29. The molecule has 1 unspecified atom stereocenters. The minimum Gasteiger partial charge on any atom is -0.466 e. The average Bonchev–Trinajstić information content (AvgIpc) is 3.20. The fourth-order valence-corrected chi connectivity index (χ4v) is 2.15. The van der Waals surface area contributed by atoms with E-state index in [2.05, 4.69) is 17.4 Å². The van der Waals surface area contributed by atoms with E-state index < -0.39 is 0 Å². The van der Waals surface area contributed by atoms with Crippen molar-refractivity contribution in [1.82, 2.24) is 5.32 Å². The van der Waals surface area contributed by atoms with Gasteiger partial charge in [0.15, 0.2) is 0 Å². The summed E-state index contributed by atoms with van der Waals surface area (Å²) in [4.78, 5) is 11.5. The lowest BCUT2D eigenvalue weighted by Crippen LogP contribution is -2.33. The van der Waals surface area contributed by atoms with Gasteiger partial charge in [-0.05, 0) is 31.2 Å². The van der Waals surface area contributed by atoms with Crippen LogP contribution >= 0.6 is 0 Å². The molecule has 0 bridgehead atoms. The fraction of sp³-hybridized carbons (Fsp3) is 0.533. The van der Waals surface area contributed by atoms with Gasteiger partial charge in [0.1, 0.15) is 0 Å². The quantitative estimate of drug-likeness (QED) is 0.752. The summed E-state index contributed by atoms with van der Waals surface area (Å²) < 4.78 is 5.02. The third kappa shape index (κ3) is 4.15. The highest BCUT2D eigenvalue weighted by Gasteiger charge is 2.32. The van der Waals surface area contributed by atoms with Gasteiger partial charge in [-0.15, -0.1) is 0 Å². The van der Waals surface area contributed by atoms with Crippen LogP contribution in [-0.2, 0) is 16.1 Å². The topological polar surface area (TPSA) is 38.3 Å². The maximum Gasteiger partial charge on any atom is 0.307 e. The maximum atomic E-state index is 11.5. The number of rotatable bonds is 7. The molecular weight excluding hydrogens is 226 g/mol. The van der Waals surface area contributed by atoms with Gasteiger partial charge in [-0.3, -0.25) is 4.79 Å². The molecule has 0 amide bonds. The molecular formula is C15H21NO2. The summed E-state index contributed by atoms with van der Waals surface area (Å²) >= 11 is 0. The monoisotopic (exact) mass is 247 g/mol. The van der Waals surface area contributed by atoms with Crippen LogP contribution in [0.5, 0.6) is 0 Å². The summed E-state index contributed by atoms with van der Waals surface area (Å²) in [6, 6.07) is 10.6. The Bertz CT molecular complexity index is 373. The predicted molar refractivity (Wildman–Crippen MR) is 71.0 cm³/mol. The molecule has 1 saturated carbocycles. The second-order valence-corrected chi connectivity index (χ2v) is 4.82. The maximum absolute atomic E-state index is 11.5. The van der Waals surface area contributed by atoms with Gasteiger partial charge in [0.25, 0.3) is 0 Å². The molecule has 0 aromatic heterocycles. The van der Waals surface area contributed by atoms with E-state index in [9.17, 15) is 4.79 Å². The Labute approximate surface area is 109 Å². The molecule has 1 fully saturated rings. The van der Waals surface area contributed by atoms with Gasteiger partial charge in [-0.2, -0.15) is 0 Å². The second-order valence-electron chi connectivity index (χ2n) is 4.82. The van der Waals surface area contributed by atoms with E-state index in [0.29, 0.717) is 18.9 Å². The van der Waals surface area contributed by atoms with Crippen LogP contribution in [0, 0.1) is 5.92 Å². The Morgan fingerprint density at radius 3 is 2.72 bits per heavy atom. The molecule has 98 valence electrons. The van der Waals surface area contributed by atoms with Gasteiger partial charge >= 0.3 is 5.97 Å². The van der Waals surface area contributed by atoms with E-state index >= 15 is 0 Å². The third-order valence-electron chi connectivity index (χ3n) is 3.29. The number of carbonyl (C=O) groups excluding carboxylic acids is 1. The van der Waals surface area contributed by atoms with Crippen molar-refractivity contribution in [3.05, 3.63) is 35.9 Å². The predicted octanol–water partition coefficient (Wildman–Crippen LogP) is 2.51. The molecule has 2 rings (SSSR count). The molecule has 1 aliphatic carbocycles. The first-order chi connectivity index (χ1) is 8.79. The standard InChI is InChI=1S/C15H21NO2/c1-2-18-15(17)10-14(13-8-9-13)16-11-12-6-4-3-5-7-12/h3-7,13-14,16H,2,8-11H2,1H3. The van der Waals surface area contributed by atoms with E-state index in [0.717, 1.165) is 6.54 Å². The molecule has 0 saturated heterocycles. The summed E-state index contributed by atoms with van der Waals surface area (Å²) in [5.41, 5.74) is 1.26. The van der Waals surface area contributed by atoms with Crippen molar-refractivity contribution in [2.24, 2.45) is 5.92 Å². The van der Waals surface area contributed by atoms with Gasteiger partial charge < -0.3 is 10.1 Å². The zero-order chi connectivity index (χ0) is 12.8. The van der Waals surface area contributed by atoms with Crippen LogP contribution in [0.2, 0.25) is 0 Å². The molecule has 0 radical (unpaired) electrons. The molecule has 3 heteroatoms. The highest BCUT2D eigenvalue weighted by atomic mass is 16.5. The molecule has 0 aliphatic heterocycles.